The van der Waals surface area contributed by atoms with Crippen LogP contribution in [0.4, 0.5) is 0 Å². The van der Waals surface area contributed by atoms with E-state index in [2.05, 4.69) is 0 Å². The van der Waals surface area contributed by atoms with Crippen molar-refractivity contribution in [3.05, 3.63) is 23.3 Å². The summed E-state index contributed by atoms with van der Waals surface area (Å²) in [7, 11) is 3.05. The third kappa shape index (κ3) is 2.50. The molecule has 0 N–H and O–H groups in total. The van der Waals surface area contributed by atoms with Crippen molar-refractivity contribution in [2.24, 2.45) is 23.2 Å². The molecule has 0 saturated heterocycles. The molecule has 1 heterocycles. The number of methoxy groups -OCH3 is 2. The normalized spacial score (nSPS) is 35.7. The molecule has 4 bridgehead atoms. The van der Waals surface area contributed by atoms with Gasteiger partial charge < -0.3 is 14.2 Å². The minimum Gasteiger partial charge on any atom is -0.493 e. The van der Waals surface area contributed by atoms with Crippen LogP contribution in [0, 0.1) is 23.2 Å². The molecule has 0 radical (unpaired) electrons. The van der Waals surface area contributed by atoms with E-state index in [1.165, 1.54) is 26.4 Å². The Bertz CT molecular complexity index is 776. The summed E-state index contributed by atoms with van der Waals surface area (Å²) in [6.45, 7) is 0. The molecule has 1 aliphatic heterocycles. The molecule has 5 nitrogen and oxygen atoms in total. The van der Waals surface area contributed by atoms with Crippen LogP contribution in [0.1, 0.15) is 67.0 Å². The number of rotatable bonds is 5. The molecule has 0 amide bonds. The zero-order chi connectivity index (χ0) is 18.8. The fourth-order valence-electron chi connectivity index (χ4n) is 6.66. The van der Waals surface area contributed by atoms with Crippen molar-refractivity contribution in [1.82, 2.24) is 0 Å². The lowest BCUT2D eigenvalue weighted by atomic mass is 9.48. The number of hydrogen-bond donors (Lipinski definition) is 0. The molecule has 144 valence electrons. The highest BCUT2D eigenvalue weighted by atomic mass is 16.6. The Morgan fingerprint density at radius 1 is 1.07 bits per heavy atom. The third-order valence-electron chi connectivity index (χ3n) is 7.38. The van der Waals surface area contributed by atoms with Gasteiger partial charge in [0.1, 0.15) is 17.5 Å². The number of ether oxygens (including phenoxy) is 3. The van der Waals surface area contributed by atoms with E-state index >= 15 is 0 Å². The topological polar surface area (TPSA) is 61.8 Å². The molecule has 27 heavy (non-hydrogen) atoms. The second-order valence-electron chi connectivity index (χ2n) is 8.98. The Hall–Kier alpha value is -2.04. The van der Waals surface area contributed by atoms with Crippen LogP contribution in [-0.4, -0.2) is 26.0 Å². The van der Waals surface area contributed by atoms with Crippen LogP contribution in [0.5, 0.6) is 11.5 Å². The highest BCUT2D eigenvalue weighted by Gasteiger charge is 2.55. The Morgan fingerprint density at radius 2 is 1.70 bits per heavy atom. The number of Topliss-reactive ketones (excluding diaryl/α,β-unsaturated/α-hetero) is 1. The van der Waals surface area contributed by atoms with Crippen LogP contribution in [0.3, 0.4) is 0 Å². The lowest BCUT2D eigenvalue weighted by Crippen LogP contribution is -2.50. The van der Waals surface area contributed by atoms with E-state index in [0.29, 0.717) is 22.8 Å². The molecule has 4 aliphatic carbocycles. The van der Waals surface area contributed by atoms with Gasteiger partial charge >= 0.3 is 5.97 Å². The lowest BCUT2D eigenvalue weighted by Gasteiger charge is -2.56. The number of ketones is 1. The van der Waals surface area contributed by atoms with Crippen molar-refractivity contribution in [2.75, 3.05) is 14.2 Å². The first-order chi connectivity index (χ1) is 13.0. The van der Waals surface area contributed by atoms with E-state index in [1.54, 1.807) is 13.2 Å². The van der Waals surface area contributed by atoms with Gasteiger partial charge in [-0.15, -0.1) is 0 Å². The molecule has 1 atom stereocenters. The number of carbonyl (C=O) groups is 2. The van der Waals surface area contributed by atoms with Crippen LogP contribution in [0.15, 0.2) is 12.1 Å². The average molecular weight is 370 g/mol. The zero-order valence-corrected chi connectivity index (χ0v) is 16.0. The summed E-state index contributed by atoms with van der Waals surface area (Å²) >= 11 is 0. The Balaban J connectivity index is 1.42. The maximum absolute atomic E-state index is 13.4. The predicted octanol–water partition coefficient (Wildman–Crippen LogP) is 4.09. The quantitative estimate of drug-likeness (QED) is 0.731. The Labute approximate surface area is 159 Å². The van der Waals surface area contributed by atoms with Gasteiger partial charge in [-0.3, -0.25) is 4.79 Å². The number of hydrogen-bond acceptors (Lipinski definition) is 5. The standard InChI is InChI=1S/C22H26O5/c1-25-16-4-3-15-17(27-21(24)19(15)20(16)26-2)8-18(23)22-9-12-5-13(10-22)7-14(6-12)11-22/h3-4,12-14,17H,5-11H2,1-2H3. The van der Waals surface area contributed by atoms with Gasteiger partial charge in [-0.25, -0.2) is 4.79 Å². The summed E-state index contributed by atoms with van der Waals surface area (Å²) in [5, 5.41) is 0. The molecule has 4 saturated carbocycles. The van der Waals surface area contributed by atoms with Gasteiger partial charge in [0.15, 0.2) is 11.5 Å². The number of carbonyl (C=O) groups excluding carboxylic acids is 2. The fraction of sp³-hybridized carbons (Fsp3) is 0.636. The second kappa shape index (κ2) is 5.98. The van der Waals surface area contributed by atoms with Gasteiger partial charge in [-0.2, -0.15) is 0 Å². The second-order valence-corrected chi connectivity index (χ2v) is 8.98. The van der Waals surface area contributed by atoms with E-state index in [-0.39, 0.29) is 11.8 Å². The monoisotopic (exact) mass is 370 g/mol. The largest absolute Gasteiger partial charge is 0.493 e. The number of esters is 1. The lowest BCUT2D eigenvalue weighted by molar-refractivity contribution is -0.145. The van der Waals surface area contributed by atoms with Gasteiger partial charge in [0.2, 0.25) is 0 Å². The molecular weight excluding hydrogens is 344 g/mol. The molecule has 1 aromatic rings. The number of cyclic esters (lactones) is 1. The average Bonchev–Trinajstić information content (AvgIpc) is 2.95. The smallest absolute Gasteiger partial charge is 0.343 e. The molecule has 0 spiro atoms. The van der Waals surface area contributed by atoms with Crippen molar-refractivity contribution in [2.45, 2.75) is 51.0 Å². The first-order valence-corrected chi connectivity index (χ1v) is 10.0. The van der Waals surface area contributed by atoms with Crippen LogP contribution in [-0.2, 0) is 9.53 Å². The molecule has 0 aromatic heterocycles. The van der Waals surface area contributed by atoms with Crippen molar-refractivity contribution in [1.29, 1.82) is 0 Å². The molecule has 1 aromatic carbocycles. The van der Waals surface area contributed by atoms with E-state index < -0.39 is 12.1 Å². The predicted molar refractivity (Wildman–Crippen MR) is 97.9 cm³/mol. The summed E-state index contributed by atoms with van der Waals surface area (Å²) in [6.07, 6.45) is 6.82. The summed E-state index contributed by atoms with van der Waals surface area (Å²) in [5.41, 5.74) is 0.983. The highest BCUT2D eigenvalue weighted by Crippen LogP contribution is 2.61. The first-order valence-electron chi connectivity index (χ1n) is 10.0. The van der Waals surface area contributed by atoms with E-state index in [9.17, 15) is 9.59 Å². The highest BCUT2D eigenvalue weighted by molar-refractivity contribution is 5.99. The van der Waals surface area contributed by atoms with E-state index in [0.717, 1.165) is 42.6 Å². The summed E-state index contributed by atoms with van der Waals surface area (Å²) in [4.78, 5) is 25.9. The summed E-state index contributed by atoms with van der Waals surface area (Å²) < 4.78 is 16.3. The molecule has 5 heteroatoms. The number of benzene rings is 1. The van der Waals surface area contributed by atoms with Gasteiger partial charge in [-0.1, -0.05) is 6.07 Å². The Morgan fingerprint density at radius 3 is 2.26 bits per heavy atom. The minimum absolute atomic E-state index is 0.166. The molecule has 1 unspecified atom stereocenters. The van der Waals surface area contributed by atoms with Gasteiger partial charge in [0, 0.05) is 17.4 Å². The van der Waals surface area contributed by atoms with Crippen molar-refractivity contribution in [3.63, 3.8) is 0 Å². The zero-order valence-electron chi connectivity index (χ0n) is 16.0. The van der Waals surface area contributed by atoms with Crippen molar-refractivity contribution in [3.8, 4) is 11.5 Å². The minimum atomic E-state index is -0.507. The van der Waals surface area contributed by atoms with Gasteiger partial charge in [-0.05, 0) is 62.3 Å². The molecule has 5 aliphatic rings. The third-order valence-corrected chi connectivity index (χ3v) is 7.38. The maximum atomic E-state index is 13.4. The van der Waals surface area contributed by atoms with Crippen LogP contribution < -0.4 is 9.47 Å². The molecular formula is C22H26O5. The fourth-order valence-corrected chi connectivity index (χ4v) is 6.66. The first kappa shape index (κ1) is 17.1. The number of fused-ring (bicyclic) bond motifs is 1. The van der Waals surface area contributed by atoms with Crippen molar-refractivity contribution < 1.29 is 23.8 Å². The van der Waals surface area contributed by atoms with Crippen LogP contribution >= 0.6 is 0 Å². The molecule has 6 rings (SSSR count). The molecule has 4 fully saturated rings. The SMILES string of the molecule is COc1ccc2c(c1OC)C(=O)OC2CC(=O)C12CC3CC(CC(C3)C1)C2. The van der Waals surface area contributed by atoms with E-state index in [4.69, 9.17) is 14.2 Å². The van der Waals surface area contributed by atoms with Crippen LogP contribution in [0.25, 0.3) is 0 Å². The summed E-state index contributed by atoms with van der Waals surface area (Å²) in [6, 6.07) is 3.61. The van der Waals surface area contributed by atoms with E-state index in [1.807, 2.05) is 6.07 Å². The van der Waals surface area contributed by atoms with Gasteiger partial charge in [0.05, 0.1) is 14.2 Å². The van der Waals surface area contributed by atoms with Gasteiger partial charge in [0.25, 0.3) is 0 Å². The van der Waals surface area contributed by atoms with Crippen molar-refractivity contribution >= 4 is 11.8 Å². The maximum Gasteiger partial charge on any atom is 0.343 e. The van der Waals surface area contributed by atoms with Crippen LogP contribution in [0.2, 0.25) is 0 Å². The Kier molecular flexibility index (Phi) is 3.78. The summed E-state index contributed by atoms with van der Waals surface area (Å²) in [5.74, 6) is 2.94.